The number of carbonyl (C=O) groups is 2. The predicted octanol–water partition coefficient (Wildman–Crippen LogP) is 2.34. The third-order valence-electron chi connectivity index (χ3n) is 4.53. The number of halogens is 1. The number of benzene rings is 2. The molecule has 1 unspecified atom stereocenters. The van der Waals surface area contributed by atoms with Crippen LogP contribution >= 0.6 is 0 Å². The standard InChI is InChI=1S/C19H17FN2O4/c20-14-3-1-13(2-4-14)19(24)21-9-12-7-18(23)22(10-12)15-5-6-16-17(8-15)26-11-25-16/h1-6,8,12H,7,9-11H2,(H,21,24). The summed E-state index contributed by atoms with van der Waals surface area (Å²) in [7, 11) is 0. The van der Waals surface area contributed by atoms with Crippen LogP contribution in [0.25, 0.3) is 0 Å². The molecule has 134 valence electrons. The summed E-state index contributed by atoms with van der Waals surface area (Å²) >= 11 is 0. The van der Waals surface area contributed by atoms with E-state index in [9.17, 15) is 14.0 Å². The molecule has 0 radical (unpaired) electrons. The van der Waals surface area contributed by atoms with E-state index in [1.807, 2.05) is 6.07 Å². The average molecular weight is 356 g/mol. The minimum absolute atomic E-state index is 0.00453. The molecule has 0 bridgehead atoms. The number of nitrogens with zero attached hydrogens (tertiary/aromatic N) is 1. The van der Waals surface area contributed by atoms with E-state index in [1.165, 1.54) is 24.3 Å². The van der Waals surface area contributed by atoms with Gasteiger partial charge in [-0.15, -0.1) is 0 Å². The number of anilines is 1. The molecule has 1 N–H and O–H groups in total. The van der Waals surface area contributed by atoms with Crippen molar-refractivity contribution in [2.45, 2.75) is 6.42 Å². The Morgan fingerprint density at radius 2 is 1.92 bits per heavy atom. The SMILES string of the molecule is O=C(NCC1CC(=O)N(c2ccc3c(c2)OCO3)C1)c1ccc(F)cc1. The Balaban J connectivity index is 1.37. The molecular weight excluding hydrogens is 339 g/mol. The fourth-order valence-corrected chi connectivity index (χ4v) is 3.16. The fourth-order valence-electron chi connectivity index (χ4n) is 3.16. The maximum Gasteiger partial charge on any atom is 0.251 e. The van der Waals surface area contributed by atoms with Crippen LogP contribution in [0.3, 0.4) is 0 Å². The van der Waals surface area contributed by atoms with E-state index < -0.39 is 0 Å². The lowest BCUT2D eigenvalue weighted by Gasteiger charge is -2.17. The van der Waals surface area contributed by atoms with Crippen molar-refractivity contribution in [1.82, 2.24) is 5.32 Å². The van der Waals surface area contributed by atoms with Crippen molar-refractivity contribution < 1.29 is 23.5 Å². The predicted molar refractivity (Wildman–Crippen MR) is 91.8 cm³/mol. The summed E-state index contributed by atoms with van der Waals surface area (Å²) in [6.07, 6.45) is 0.359. The van der Waals surface area contributed by atoms with Gasteiger partial charge < -0.3 is 19.7 Å². The van der Waals surface area contributed by atoms with Gasteiger partial charge in [0.1, 0.15) is 5.82 Å². The quantitative estimate of drug-likeness (QED) is 0.913. The van der Waals surface area contributed by atoms with Crippen molar-refractivity contribution in [2.75, 3.05) is 24.8 Å². The van der Waals surface area contributed by atoms with Crippen molar-refractivity contribution in [1.29, 1.82) is 0 Å². The molecule has 1 atom stereocenters. The molecule has 6 nitrogen and oxygen atoms in total. The zero-order chi connectivity index (χ0) is 18.1. The van der Waals surface area contributed by atoms with Gasteiger partial charge in [-0.05, 0) is 36.4 Å². The second-order valence-electron chi connectivity index (χ2n) is 6.33. The Morgan fingerprint density at radius 3 is 2.73 bits per heavy atom. The smallest absolute Gasteiger partial charge is 0.251 e. The van der Waals surface area contributed by atoms with Gasteiger partial charge in [-0.1, -0.05) is 0 Å². The van der Waals surface area contributed by atoms with Gasteiger partial charge in [0, 0.05) is 42.7 Å². The molecule has 7 heteroatoms. The molecule has 4 rings (SSSR count). The van der Waals surface area contributed by atoms with Gasteiger partial charge in [-0.3, -0.25) is 9.59 Å². The number of hydrogen-bond donors (Lipinski definition) is 1. The van der Waals surface area contributed by atoms with Crippen molar-refractivity contribution in [3.05, 3.63) is 53.8 Å². The number of amides is 2. The Hall–Kier alpha value is -3.09. The van der Waals surface area contributed by atoms with Crippen LogP contribution in [-0.4, -0.2) is 31.7 Å². The second kappa shape index (κ2) is 6.67. The number of carbonyl (C=O) groups excluding carboxylic acids is 2. The van der Waals surface area contributed by atoms with E-state index in [4.69, 9.17) is 9.47 Å². The Labute approximate surface area is 149 Å². The summed E-state index contributed by atoms with van der Waals surface area (Å²) in [6, 6.07) is 10.8. The molecule has 1 saturated heterocycles. The molecule has 2 aliphatic heterocycles. The number of hydrogen-bond acceptors (Lipinski definition) is 4. The van der Waals surface area contributed by atoms with Crippen molar-refractivity contribution >= 4 is 17.5 Å². The van der Waals surface area contributed by atoms with Crippen LogP contribution in [0, 0.1) is 11.7 Å². The Morgan fingerprint density at radius 1 is 1.15 bits per heavy atom. The number of nitrogens with one attached hydrogen (secondary N) is 1. The third kappa shape index (κ3) is 3.20. The molecule has 2 aromatic rings. The monoisotopic (exact) mass is 356 g/mol. The van der Waals surface area contributed by atoms with Gasteiger partial charge in [0.2, 0.25) is 12.7 Å². The molecule has 0 spiro atoms. The normalized spacial score (nSPS) is 18.3. The first-order chi connectivity index (χ1) is 12.6. The molecule has 1 fully saturated rings. The molecule has 2 amide bonds. The highest BCUT2D eigenvalue weighted by Gasteiger charge is 2.31. The topological polar surface area (TPSA) is 67.9 Å². The minimum atomic E-state index is -0.387. The molecule has 2 aromatic carbocycles. The van der Waals surface area contributed by atoms with Gasteiger partial charge >= 0.3 is 0 Å². The molecule has 0 saturated carbocycles. The lowest BCUT2D eigenvalue weighted by atomic mass is 10.1. The Bertz CT molecular complexity index is 853. The number of ether oxygens (including phenoxy) is 2. The molecule has 2 heterocycles. The van der Waals surface area contributed by atoms with Gasteiger partial charge in [-0.2, -0.15) is 0 Å². The van der Waals surface area contributed by atoms with Crippen LogP contribution in [0.1, 0.15) is 16.8 Å². The zero-order valence-electron chi connectivity index (χ0n) is 13.9. The summed E-state index contributed by atoms with van der Waals surface area (Å²) in [5.41, 5.74) is 1.15. The van der Waals surface area contributed by atoms with Crippen LogP contribution in [0.2, 0.25) is 0 Å². The van der Waals surface area contributed by atoms with Crippen LogP contribution in [0.5, 0.6) is 11.5 Å². The van der Waals surface area contributed by atoms with Gasteiger partial charge in [-0.25, -0.2) is 4.39 Å². The zero-order valence-corrected chi connectivity index (χ0v) is 13.9. The molecule has 0 aliphatic carbocycles. The highest BCUT2D eigenvalue weighted by Crippen LogP contribution is 2.37. The maximum absolute atomic E-state index is 12.9. The van der Waals surface area contributed by atoms with E-state index in [2.05, 4.69) is 5.32 Å². The largest absolute Gasteiger partial charge is 0.454 e. The van der Waals surface area contributed by atoms with E-state index >= 15 is 0 Å². The third-order valence-corrected chi connectivity index (χ3v) is 4.53. The van der Waals surface area contributed by atoms with Crippen molar-refractivity contribution in [2.24, 2.45) is 5.92 Å². The highest BCUT2D eigenvalue weighted by atomic mass is 19.1. The molecule has 2 aliphatic rings. The van der Waals surface area contributed by atoms with Gasteiger partial charge in [0.05, 0.1) is 0 Å². The van der Waals surface area contributed by atoms with Crippen LogP contribution in [0.15, 0.2) is 42.5 Å². The second-order valence-corrected chi connectivity index (χ2v) is 6.33. The minimum Gasteiger partial charge on any atom is -0.454 e. The number of fused-ring (bicyclic) bond motifs is 1. The lowest BCUT2D eigenvalue weighted by Crippen LogP contribution is -2.31. The lowest BCUT2D eigenvalue weighted by molar-refractivity contribution is -0.117. The van der Waals surface area contributed by atoms with Crippen molar-refractivity contribution in [3.63, 3.8) is 0 Å². The van der Waals surface area contributed by atoms with Crippen molar-refractivity contribution in [3.8, 4) is 11.5 Å². The van der Waals surface area contributed by atoms with E-state index in [0.717, 1.165) is 5.69 Å². The van der Waals surface area contributed by atoms with Gasteiger partial charge in [0.15, 0.2) is 11.5 Å². The van der Waals surface area contributed by atoms with Crippen LogP contribution in [0.4, 0.5) is 10.1 Å². The first kappa shape index (κ1) is 16.4. The van der Waals surface area contributed by atoms with Crippen LogP contribution in [-0.2, 0) is 4.79 Å². The van der Waals surface area contributed by atoms with E-state index in [0.29, 0.717) is 36.6 Å². The first-order valence-electron chi connectivity index (χ1n) is 8.34. The maximum atomic E-state index is 12.9. The number of rotatable bonds is 4. The van der Waals surface area contributed by atoms with E-state index in [1.54, 1.807) is 17.0 Å². The first-order valence-corrected chi connectivity index (χ1v) is 8.34. The average Bonchev–Trinajstić information content (AvgIpc) is 3.25. The van der Waals surface area contributed by atoms with Crippen LogP contribution < -0.4 is 19.7 Å². The molecule has 26 heavy (non-hydrogen) atoms. The fraction of sp³-hybridized carbons (Fsp3) is 0.263. The Kier molecular flexibility index (Phi) is 4.20. The summed E-state index contributed by atoms with van der Waals surface area (Å²) in [5, 5.41) is 2.81. The van der Waals surface area contributed by atoms with E-state index in [-0.39, 0.29) is 30.3 Å². The summed E-state index contributed by atoms with van der Waals surface area (Å²) in [6.45, 7) is 1.08. The highest BCUT2D eigenvalue weighted by molar-refractivity contribution is 5.96. The summed E-state index contributed by atoms with van der Waals surface area (Å²) in [5.74, 6) is 0.648. The summed E-state index contributed by atoms with van der Waals surface area (Å²) in [4.78, 5) is 26.1. The summed E-state index contributed by atoms with van der Waals surface area (Å²) < 4.78 is 23.6. The van der Waals surface area contributed by atoms with Gasteiger partial charge in [0.25, 0.3) is 5.91 Å². The molecule has 0 aromatic heterocycles. The molecular formula is C19H17FN2O4.